The van der Waals surface area contributed by atoms with Crippen molar-refractivity contribution in [1.29, 1.82) is 0 Å². The van der Waals surface area contributed by atoms with Crippen LogP contribution in [0.1, 0.15) is 47.2 Å². The molecule has 0 heterocycles. The van der Waals surface area contributed by atoms with Gasteiger partial charge in [0.1, 0.15) is 0 Å². The largest absolute Gasteiger partial charge is 0.380 e. The van der Waals surface area contributed by atoms with Crippen LogP contribution in [0.15, 0.2) is 60.0 Å². The minimum absolute atomic E-state index is 0.0492. The van der Waals surface area contributed by atoms with Crippen molar-refractivity contribution in [2.75, 3.05) is 17.6 Å². The maximum Gasteiger partial charge on any atom is 0.253 e. The molecule has 0 aliphatic heterocycles. The van der Waals surface area contributed by atoms with E-state index >= 15 is 0 Å². The first-order chi connectivity index (χ1) is 13.5. The number of rotatable bonds is 9. The molecule has 2 N–H and O–H groups in total. The quantitative estimate of drug-likeness (QED) is 0.673. The summed E-state index contributed by atoms with van der Waals surface area (Å²) in [4.78, 5) is 12.6. The predicted octanol–water partition coefficient (Wildman–Crippen LogP) is 3.85. The van der Waals surface area contributed by atoms with Crippen LogP contribution in [0.3, 0.4) is 0 Å². The summed E-state index contributed by atoms with van der Waals surface area (Å²) in [6, 6.07) is 16.0. The molecule has 5 nitrogen and oxygen atoms in total. The third-order valence-corrected chi connectivity index (χ3v) is 6.16. The highest BCUT2D eigenvalue weighted by Crippen LogP contribution is 2.41. The summed E-state index contributed by atoms with van der Waals surface area (Å²) in [7, 11) is -3.18. The molecule has 1 amide bonds. The van der Waals surface area contributed by atoms with Gasteiger partial charge in [-0.25, -0.2) is 8.42 Å². The molecule has 2 aromatic carbocycles. The molecule has 1 aliphatic carbocycles. The highest BCUT2D eigenvalue weighted by molar-refractivity contribution is 7.94. The van der Waals surface area contributed by atoms with E-state index in [0.29, 0.717) is 18.0 Å². The second-order valence-electron chi connectivity index (χ2n) is 6.95. The van der Waals surface area contributed by atoms with Gasteiger partial charge in [-0.1, -0.05) is 49.4 Å². The lowest BCUT2D eigenvalue weighted by atomic mass is 10.0. The predicted molar refractivity (Wildman–Crippen MR) is 113 cm³/mol. The standard InChI is InChI=1S/C22H26N2O3S/c1-2-28(26,27)14-6-13-23-22(25)20-12-11-19(18-9-10-18)15-21(20)24-16-17-7-4-3-5-8-17/h3-8,11-12,14-15,18,24H,2,9-10,13,16H2,1H3,(H,23,25)/b14-6+. The fraction of sp³-hybridized carbons (Fsp3) is 0.318. The van der Waals surface area contributed by atoms with Gasteiger partial charge >= 0.3 is 0 Å². The summed E-state index contributed by atoms with van der Waals surface area (Å²) in [5.74, 6) is 0.418. The van der Waals surface area contributed by atoms with Crippen LogP contribution in [0.5, 0.6) is 0 Å². The molecule has 0 saturated heterocycles. The molecule has 0 unspecified atom stereocenters. The second-order valence-corrected chi connectivity index (χ2v) is 9.13. The zero-order chi connectivity index (χ0) is 20.0. The van der Waals surface area contributed by atoms with Gasteiger partial charge < -0.3 is 10.6 Å². The average Bonchev–Trinajstić information content (AvgIpc) is 3.55. The highest BCUT2D eigenvalue weighted by Gasteiger charge is 2.24. The zero-order valence-corrected chi connectivity index (χ0v) is 16.8. The molecular formula is C22H26N2O3S. The van der Waals surface area contributed by atoms with E-state index in [9.17, 15) is 13.2 Å². The Morgan fingerprint density at radius 3 is 2.57 bits per heavy atom. The van der Waals surface area contributed by atoms with Gasteiger partial charge in [-0.15, -0.1) is 0 Å². The third kappa shape index (κ3) is 5.70. The van der Waals surface area contributed by atoms with Crippen molar-refractivity contribution >= 4 is 21.4 Å². The normalized spacial score (nSPS) is 14.2. The maximum atomic E-state index is 12.6. The van der Waals surface area contributed by atoms with E-state index in [0.717, 1.165) is 16.7 Å². The minimum Gasteiger partial charge on any atom is -0.380 e. The van der Waals surface area contributed by atoms with E-state index in [1.54, 1.807) is 6.92 Å². The topological polar surface area (TPSA) is 75.3 Å². The summed E-state index contributed by atoms with van der Waals surface area (Å²) < 4.78 is 23.0. The smallest absolute Gasteiger partial charge is 0.253 e. The van der Waals surface area contributed by atoms with Gasteiger partial charge in [0.25, 0.3) is 5.91 Å². The molecular weight excluding hydrogens is 372 g/mol. The number of nitrogens with one attached hydrogen (secondary N) is 2. The summed E-state index contributed by atoms with van der Waals surface area (Å²) in [6.45, 7) is 2.38. The van der Waals surface area contributed by atoms with Crippen LogP contribution in [-0.2, 0) is 16.4 Å². The number of carbonyl (C=O) groups excluding carboxylic acids is 1. The Hall–Kier alpha value is -2.60. The molecule has 1 fully saturated rings. The molecule has 0 bridgehead atoms. The Balaban J connectivity index is 1.70. The minimum atomic E-state index is -3.18. The molecule has 2 aromatic rings. The molecule has 0 radical (unpaired) electrons. The highest BCUT2D eigenvalue weighted by atomic mass is 32.2. The van der Waals surface area contributed by atoms with Crippen LogP contribution in [-0.4, -0.2) is 26.6 Å². The Kier molecular flexibility index (Phi) is 6.52. The molecule has 28 heavy (non-hydrogen) atoms. The van der Waals surface area contributed by atoms with Gasteiger partial charge in [0.15, 0.2) is 9.84 Å². The van der Waals surface area contributed by atoms with Crippen molar-refractivity contribution < 1.29 is 13.2 Å². The van der Waals surface area contributed by atoms with Gasteiger partial charge in [-0.05, 0) is 42.0 Å². The van der Waals surface area contributed by atoms with Crippen molar-refractivity contribution in [2.45, 2.75) is 32.2 Å². The van der Waals surface area contributed by atoms with E-state index in [1.165, 1.54) is 24.5 Å². The van der Waals surface area contributed by atoms with Crippen LogP contribution >= 0.6 is 0 Å². The van der Waals surface area contributed by atoms with E-state index in [-0.39, 0.29) is 18.2 Å². The van der Waals surface area contributed by atoms with Crippen molar-refractivity contribution in [1.82, 2.24) is 5.32 Å². The van der Waals surface area contributed by atoms with Crippen molar-refractivity contribution in [3.63, 3.8) is 0 Å². The average molecular weight is 399 g/mol. The Labute approximate surface area is 166 Å². The van der Waals surface area contributed by atoms with Crippen molar-refractivity contribution in [3.8, 4) is 0 Å². The number of carbonyl (C=O) groups is 1. The molecule has 3 rings (SSSR count). The molecule has 148 valence electrons. The maximum absolute atomic E-state index is 12.6. The molecule has 0 atom stereocenters. The van der Waals surface area contributed by atoms with Crippen LogP contribution in [0.2, 0.25) is 0 Å². The van der Waals surface area contributed by atoms with Crippen LogP contribution in [0.25, 0.3) is 0 Å². The fourth-order valence-electron chi connectivity index (χ4n) is 2.91. The lowest BCUT2D eigenvalue weighted by Gasteiger charge is -2.14. The lowest BCUT2D eigenvalue weighted by molar-refractivity contribution is 0.0958. The Morgan fingerprint density at radius 2 is 1.89 bits per heavy atom. The van der Waals surface area contributed by atoms with Crippen LogP contribution in [0.4, 0.5) is 5.69 Å². The summed E-state index contributed by atoms with van der Waals surface area (Å²) in [6.07, 6.45) is 3.85. The number of sulfone groups is 1. The number of anilines is 1. The van der Waals surface area contributed by atoms with Crippen LogP contribution in [0, 0.1) is 0 Å². The van der Waals surface area contributed by atoms with E-state index in [4.69, 9.17) is 0 Å². The third-order valence-electron chi connectivity index (χ3n) is 4.75. The van der Waals surface area contributed by atoms with Gasteiger partial charge in [0.2, 0.25) is 0 Å². The number of amides is 1. The first kappa shape index (κ1) is 20.1. The molecule has 0 aromatic heterocycles. The van der Waals surface area contributed by atoms with Crippen molar-refractivity contribution in [2.24, 2.45) is 0 Å². The first-order valence-electron chi connectivity index (χ1n) is 9.58. The number of hydrogen-bond acceptors (Lipinski definition) is 4. The first-order valence-corrected chi connectivity index (χ1v) is 11.3. The second kappa shape index (κ2) is 9.06. The summed E-state index contributed by atoms with van der Waals surface area (Å²) >= 11 is 0. The number of hydrogen-bond donors (Lipinski definition) is 2. The molecule has 0 spiro atoms. The summed E-state index contributed by atoms with van der Waals surface area (Å²) in [5, 5.41) is 7.30. The molecule has 6 heteroatoms. The van der Waals surface area contributed by atoms with E-state index in [1.807, 2.05) is 42.5 Å². The zero-order valence-electron chi connectivity index (χ0n) is 16.0. The number of benzene rings is 2. The van der Waals surface area contributed by atoms with Gasteiger partial charge in [0.05, 0.1) is 11.3 Å². The lowest BCUT2D eigenvalue weighted by Crippen LogP contribution is -2.24. The van der Waals surface area contributed by atoms with Gasteiger partial charge in [-0.2, -0.15) is 0 Å². The van der Waals surface area contributed by atoms with Gasteiger partial charge in [0, 0.05) is 24.2 Å². The Morgan fingerprint density at radius 1 is 1.14 bits per heavy atom. The SMILES string of the molecule is CCS(=O)(=O)/C=C/CNC(=O)c1ccc(C2CC2)cc1NCc1ccccc1. The molecule has 1 aliphatic rings. The monoisotopic (exact) mass is 398 g/mol. The Bertz CT molecular complexity index is 949. The van der Waals surface area contributed by atoms with E-state index in [2.05, 4.69) is 16.7 Å². The van der Waals surface area contributed by atoms with Crippen molar-refractivity contribution in [3.05, 3.63) is 76.7 Å². The van der Waals surface area contributed by atoms with Gasteiger partial charge in [-0.3, -0.25) is 4.79 Å². The van der Waals surface area contributed by atoms with Crippen LogP contribution < -0.4 is 10.6 Å². The molecule has 1 saturated carbocycles. The fourth-order valence-corrected chi connectivity index (χ4v) is 3.49. The van der Waals surface area contributed by atoms with E-state index < -0.39 is 9.84 Å². The summed E-state index contributed by atoms with van der Waals surface area (Å²) in [5.41, 5.74) is 3.75.